The molecule has 2 aliphatic heterocycles. The minimum atomic E-state index is -0.594. The molecule has 1 aromatic rings. The summed E-state index contributed by atoms with van der Waals surface area (Å²) in [5.74, 6) is 1.40. The van der Waals surface area contributed by atoms with Gasteiger partial charge in [0.05, 0.1) is 11.6 Å². The summed E-state index contributed by atoms with van der Waals surface area (Å²) in [6.07, 6.45) is 3.14. The summed E-state index contributed by atoms with van der Waals surface area (Å²) in [5.41, 5.74) is 0.557. The first-order valence-corrected chi connectivity index (χ1v) is 10.2. The summed E-state index contributed by atoms with van der Waals surface area (Å²) in [5, 5.41) is 8.85. The van der Waals surface area contributed by atoms with Crippen molar-refractivity contribution in [3.63, 3.8) is 0 Å². The lowest BCUT2D eigenvalue weighted by molar-refractivity contribution is -0.144. The number of likely N-dealkylation sites (tertiary alicyclic amines) is 2. The predicted octanol–water partition coefficient (Wildman–Crippen LogP) is 2.82. The van der Waals surface area contributed by atoms with Crippen LogP contribution in [0.3, 0.4) is 0 Å². The summed E-state index contributed by atoms with van der Waals surface area (Å²) in [7, 11) is 0. The minimum Gasteiger partial charge on any atom is -0.481 e. The Morgan fingerprint density at radius 1 is 1.11 bits per heavy atom. The summed E-state index contributed by atoms with van der Waals surface area (Å²) >= 11 is 0. The van der Waals surface area contributed by atoms with Crippen LogP contribution in [-0.2, 0) is 9.59 Å². The molecule has 2 saturated heterocycles. The first-order chi connectivity index (χ1) is 13.5. The number of rotatable bonds is 4. The maximum atomic E-state index is 12.8. The molecule has 2 atom stereocenters. The number of ether oxygens (including phenoxy) is 1. The third kappa shape index (κ3) is 4.83. The summed E-state index contributed by atoms with van der Waals surface area (Å²) in [6.45, 7) is 6.88. The largest absolute Gasteiger partial charge is 0.481 e. The van der Waals surface area contributed by atoms with Crippen LogP contribution in [0.25, 0.3) is 0 Å². The van der Waals surface area contributed by atoms with Crippen LogP contribution in [0.1, 0.15) is 45.1 Å². The molecule has 2 heterocycles. The van der Waals surface area contributed by atoms with E-state index < -0.39 is 6.10 Å². The topological polar surface area (TPSA) is 73.6 Å². The van der Waals surface area contributed by atoms with Gasteiger partial charge in [-0.15, -0.1) is 0 Å². The van der Waals surface area contributed by atoms with Gasteiger partial charge in [-0.1, -0.05) is 6.92 Å². The number of hydrogen-bond donors (Lipinski definition) is 0. The van der Waals surface area contributed by atoms with E-state index in [0.29, 0.717) is 30.3 Å². The molecule has 6 heteroatoms. The second kappa shape index (κ2) is 9.09. The van der Waals surface area contributed by atoms with Crippen molar-refractivity contribution in [1.29, 1.82) is 5.26 Å². The molecule has 0 aromatic heterocycles. The van der Waals surface area contributed by atoms with Crippen LogP contribution in [0.5, 0.6) is 5.75 Å². The first kappa shape index (κ1) is 20.2. The molecule has 0 aliphatic carbocycles. The highest BCUT2D eigenvalue weighted by atomic mass is 16.5. The van der Waals surface area contributed by atoms with Crippen molar-refractivity contribution in [2.45, 2.75) is 45.6 Å². The Labute approximate surface area is 167 Å². The van der Waals surface area contributed by atoms with Gasteiger partial charge in [-0.3, -0.25) is 9.59 Å². The van der Waals surface area contributed by atoms with E-state index in [1.807, 2.05) is 4.90 Å². The lowest BCUT2D eigenvalue weighted by atomic mass is 9.92. The molecule has 0 bridgehead atoms. The highest BCUT2D eigenvalue weighted by Gasteiger charge is 2.33. The van der Waals surface area contributed by atoms with E-state index in [1.54, 1.807) is 36.1 Å². The Balaban J connectivity index is 1.48. The average molecular weight is 383 g/mol. The van der Waals surface area contributed by atoms with Crippen LogP contribution >= 0.6 is 0 Å². The van der Waals surface area contributed by atoms with Crippen molar-refractivity contribution in [3.8, 4) is 11.8 Å². The van der Waals surface area contributed by atoms with E-state index >= 15 is 0 Å². The zero-order valence-corrected chi connectivity index (χ0v) is 16.8. The van der Waals surface area contributed by atoms with Gasteiger partial charge >= 0.3 is 0 Å². The minimum absolute atomic E-state index is 0.0316. The Morgan fingerprint density at radius 3 is 2.39 bits per heavy atom. The number of nitriles is 1. The molecule has 2 unspecified atom stereocenters. The van der Waals surface area contributed by atoms with Crippen LogP contribution in [0.2, 0.25) is 0 Å². The molecule has 2 amide bonds. The third-order valence-electron chi connectivity index (χ3n) is 5.77. The number of hydrogen-bond acceptors (Lipinski definition) is 4. The van der Waals surface area contributed by atoms with Crippen molar-refractivity contribution in [2.24, 2.45) is 11.8 Å². The Bertz CT molecular complexity index is 732. The predicted molar refractivity (Wildman–Crippen MR) is 106 cm³/mol. The van der Waals surface area contributed by atoms with Gasteiger partial charge in [-0.25, -0.2) is 0 Å². The molecule has 0 spiro atoms. The standard InChI is InChI=1S/C22H29N3O3/c1-16-4-3-11-25(15-16)22(27)19-9-12-24(13-10-19)21(26)17(2)28-20-7-5-18(14-23)6-8-20/h5-8,16-17,19H,3-4,9-13,15H2,1-2H3. The van der Waals surface area contributed by atoms with Gasteiger partial charge in [0, 0.05) is 32.1 Å². The maximum absolute atomic E-state index is 12.8. The average Bonchev–Trinajstić information content (AvgIpc) is 2.73. The Hall–Kier alpha value is -2.55. The van der Waals surface area contributed by atoms with Crippen LogP contribution in [0.15, 0.2) is 24.3 Å². The SMILES string of the molecule is CC1CCCN(C(=O)C2CCN(C(=O)C(C)Oc3ccc(C#N)cc3)CC2)C1. The van der Waals surface area contributed by atoms with E-state index in [4.69, 9.17) is 10.00 Å². The fourth-order valence-electron chi connectivity index (χ4n) is 4.11. The highest BCUT2D eigenvalue weighted by Crippen LogP contribution is 2.24. The number of nitrogens with zero attached hydrogens (tertiary/aromatic N) is 3. The normalized spacial score (nSPS) is 21.7. The van der Waals surface area contributed by atoms with Gasteiger partial charge in [0.2, 0.25) is 5.91 Å². The van der Waals surface area contributed by atoms with Gasteiger partial charge in [0.25, 0.3) is 5.91 Å². The molecule has 150 valence electrons. The number of amides is 2. The summed E-state index contributed by atoms with van der Waals surface area (Å²) in [4.78, 5) is 29.3. The lowest BCUT2D eigenvalue weighted by Crippen LogP contribution is -2.49. The van der Waals surface area contributed by atoms with E-state index in [1.165, 1.54) is 6.42 Å². The van der Waals surface area contributed by atoms with Crippen molar-refractivity contribution >= 4 is 11.8 Å². The maximum Gasteiger partial charge on any atom is 0.263 e. The van der Waals surface area contributed by atoms with Crippen LogP contribution in [0.4, 0.5) is 0 Å². The quantitative estimate of drug-likeness (QED) is 0.801. The monoisotopic (exact) mass is 383 g/mol. The molecule has 3 rings (SSSR count). The zero-order valence-electron chi connectivity index (χ0n) is 16.8. The van der Waals surface area contributed by atoms with Crippen LogP contribution < -0.4 is 4.74 Å². The van der Waals surface area contributed by atoms with Gasteiger partial charge in [-0.05, 0) is 62.8 Å². The molecule has 0 saturated carbocycles. The lowest BCUT2D eigenvalue weighted by Gasteiger charge is -2.37. The third-order valence-corrected chi connectivity index (χ3v) is 5.77. The van der Waals surface area contributed by atoms with Crippen molar-refractivity contribution in [3.05, 3.63) is 29.8 Å². The molecule has 1 aromatic carbocycles. The van der Waals surface area contributed by atoms with Gasteiger partial charge < -0.3 is 14.5 Å². The number of benzene rings is 1. The van der Waals surface area contributed by atoms with Crippen molar-refractivity contribution in [1.82, 2.24) is 9.80 Å². The second-order valence-electron chi connectivity index (χ2n) is 8.03. The first-order valence-electron chi connectivity index (χ1n) is 10.2. The van der Waals surface area contributed by atoms with E-state index in [-0.39, 0.29) is 17.7 Å². The molecule has 2 fully saturated rings. The fraction of sp³-hybridized carbons (Fsp3) is 0.591. The van der Waals surface area contributed by atoms with Crippen molar-refractivity contribution < 1.29 is 14.3 Å². The zero-order chi connectivity index (χ0) is 20.1. The molecular weight excluding hydrogens is 354 g/mol. The van der Waals surface area contributed by atoms with E-state index in [0.717, 1.165) is 32.4 Å². The summed E-state index contributed by atoms with van der Waals surface area (Å²) < 4.78 is 5.73. The van der Waals surface area contributed by atoms with Crippen molar-refractivity contribution in [2.75, 3.05) is 26.2 Å². The van der Waals surface area contributed by atoms with Gasteiger partial charge in [0.15, 0.2) is 6.10 Å². The molecule has 0 N–H and O–H groups in total. The molecule has 2 aliphatic rings. The number of carbonyl (C=O) groups is 2. The van der Waals surface area contributed by atoms with E-state index in [2.05, 4.69) is 13.0 Å². The number of piperidine rings is 2. The molecule has 28 heavy (non-hydrogen) atoms. The summed E-state index contributed by atoms with van der Waals surface area (Å²) in [6, 6.07) is 8.81. The van der Waals surface area contributed by atoms with Gasteiger partial charge in [-0.2, -0.15) is 5.26 Å². The number of carbonyl (C=O) groups excluding carboxylic acids is 2. The second-order valence-corrected chi connectivity index (χ2v) is 8.03. The molecular formula is C22H29N3O3. The molecule has 6 nitrogen and oxygen atoms in total. The Morgan fingerprint density at radius 2 is 1.79 bits per heavy atom. The smallest absolute Gasteiger partial charge is 0.263 e. The highest BCUT2D eigenvalue weighted by molar-refractivity contribution is 5.82. The van der Waals surface area contributed by atoms with Crippen LogP contribution in [0, 0.1) is 23.2 Å². The Kier molecular flexibility index (Phi) is 6.56. The van der Waals surface area contributed by atoms with Gasteiger partial charge in [0.1, 0.15) is 5.75 Å². The van der Waals surface area contributed by atoms with Crippen LogP contribution in [-0.4, -0.2) is 53.9 Å². The van der Waals surface area contributed by atoms with E-state index in [9.17, 15) is 9.59 Å². The molecule has 0 radical (unpaired) electrons. The fourth-order valence-corrected chi connectivity index (χ4v) is 4.11.